The first kappa shape index (κ1) is 21.6. The second-order valence-corrected chi connectivity index (χ2v) is 6.97. The lowest BCUT2D eigenvalue weighted by Gasteiger charge is -2.36. The SMILES string of the molecule is CCOc1ccc(NC(=O)C(=O)NCCN2CCN(c3ccc(F)cc3)CC2)cc1. The summed E-state index contributed by atoms with van der Waals surface area (Å²) in [4.78, 5) is 28.5. The summed E-state index contributed by atoms with van der Waals surface area (Å²) in [6.07, 6.45) is 0. The van der Waals surface area contributed by atoms with Crippen molar-refractivity contribution in [1.29, 1.82) is 0 Å². The molecule has 2 N–H and O–H groups in total. The number of halogens is 1. The zero-order chi connectivity index (χ0) is 21.3. The first-order chi connectivity index (χ1) is 14.5. The maximum absolute atomic E-state index is 13.0. The summed E-state index contributed by atoms with van der Waals surface area (Å²) in [5, 5.41) is 5.23. The highest BCUT2D eigenvalue weighted by molar-refractivity contribution is 6.39. The molecule has 1 aliphatic heterocycles. The zero-order valence-corrected chi connectivity index (χ0v) is 17.1. The lowest BCUT2D eigenvalue weighted by Crippen LogP contribution is -2.49. The lowest BCUT2D eigenvalue weighted by atomic mass is 10.2. The van der Waals surface area contributed by atoms with E-state index in [9.17, 15) is 14.0 Å². The number of nitrogens with zero attached hydrogens (tertiary/aromatic N) is 2. The van der Waals surface area contributed by atoms with E-state index < -0.39 is 11.8 Å². The molecule has 0 unspecified atom stereocenters. The Morgan fingerprint density at radius 2 is 1.63 bits per heavy atom. The van der Waals surface area contributed by atoms with Crippen LogP contribution in [0.25, 0.3) is 0 Å². The van der Waals surface area contributed by atoms with Gasteiger partial charge < -0.3 is 20.3 Å². The molecule has 0 bridgehead atoms. The molecule has 2 aromatic carbocycles. The highest BCUT2D eigenvalue weighted by atomic mass is 19.1. The molecular formula is C22H27FN4O3. The van der Waals surface area contributed by atoms with Crippen LogP contribution in [0.15, 0.2) is 48.5 Å². The van der Waals surface area contributed by atoms with Crippen LogP contribution < -0.4 is 20.3 Å². The van der Waals surface area contributed by atoms with E-state index in [2.05, 4.69) is 20.4 Å². The third-order valence-corrected chi connectivity index (χ3v) is 4.91. The number of hydrogen-bond acceptors (Lipinski definition) is 5. The molecule has 2 aromatic rings. The van der Waals surface area contributed by atoms with Gasteiger partial charge in [0.2, 0.25) is 0 Å². The lowest BCUT2D eigenvalue weighted by molar-refractivity contribution is -0.136. The molecule has 1 aliphatic rings. The number of rotatable bonds is 7. The first-order valence-electron chi connectivity index (χ1n) is 10.1. The maximum atomic E-state index is 13.0. The quantitative estimate of drug-likeness (QED) is 0.679. The molecular weight excluding hydrogens is 387 g/mol. The summed E-state index contributed by atoms with van der Waals surface area (Å²) in [6.45, 7) is 6.86. The minimum absolute atomic E-state index is 0.236. The number of benzene rings is 2. The molecule has 1 saturated heterocycles. The standard InChI is InChI=1S/C22H27FN4O3/c1-2-30-20-9-5-18(6-10-20)25-22(29)21(28)24-11-12-26-13-15-27(16-14-26)19-7-3-17(23)4-8-19/h3-10H,2,11-16H2,1H3,(H,24,28)(H,25,29). The van der Waals surface area contributed by atoms with Crippen LogP contribution in [0.1, 0.15) is 6.92 Å². The normalized spacial score (nSPS) is 14.3. The van der Waals surface area contributed by atoms with Gasteiger partial charge >= 0.3 is 11.8 Å². The summed E-state index contributed by atoms with van der Waals surface area (Å²) in [7, 11) is 0. The molecule has 8 heteroatoms. The van der Waals surface area contributed by atoms with Crippen molar-refractivity contribution < 1.29 is 18.7 Å². The van der Waals surface area contributed by atoms with Crippen molar-refractivity contribution in [3.8, 4) is 5.75 Å². The van der Waals surface area contributed by atoms with Gasteiger partial charge in [-0.3, -0.25) is 14.5 Å². The van der Waals surface area contributed by atoms with Crippen LogP contribution in [-0.2, 0) is 9.59 Å². The van der Waals surface area contributed by atoms with Crippen LogP contribution >= 0.6 is 0 Å². The fraction of sp³-hybridized carbons (Fsp3) is 0.364. The number of nitrogens with one attached hydrogen (secondary N) is 2. The van der Waals surface area contributed by atoms with Gasteiger partial charge in [-0.05, 0) is 55.5 Å². The molecule has 3 rings (SSSR count). The van der Waals surface area contributed by atoms with E-state index in [0.29, 0.717) is 31.1 Å². The predicted molar refractivity (Wildman–Crippen MR) is 114 cm³/mol. The Balaban J connectivity index is 1.35. The highest BCUT2D eigenvalue weighted by Gasteiger charge is 2.18. The Bertz CT molecular complexity index is 834. The molecule has 0 radical (unpaired) electrons. The molecule has 1 heterocycles. The smallest absolute Gasteiger partial charge is 0.313 e. The van der Waals surface area contributed by atoms with Gasteiger partial charge in [-0.25, -0.2) is 4.39 Å². The minimum Gasteiger partial charge on any atom is -0.494 e. The topological polar surface area (TPSA) is 73.9 Å². The Hall–Kier alpha value is -3.13. The number of hydrogen-bond donors (Lipinski definition) is 2. The molecule has 0 atom stereocenters. The van der Waals surface area contributed by atoms with E-state index in [1.165, 1.54) is 12.1 Å². The van der Waals surface area contributed by atoms with Crippen LogP contribution in [0.5, 0.6) is 5.75 Å². The largest absolute Gasteiger partial charge is 0.494 e. The van der Waals surface area contributed by atoms with E-state index in [4.69, 9.17) is 4.74 Å². The maximum Gasteiger partial charge on any atom is 0.313 e. The van der Waals surface area contributed by atoms with E-state index in [-0.39, 0.29) is 5.82 Å². The molecule has 0 spiro atoms. The summed E-state index contributed by atoms with van der Waals surface area (Å²) in [5.74, 6) is -0.881. The number of amides is 2. The van der Waals surface area contributed by atoms with Gasteiger partial charge in [0.15, 0.2) is 0 Å². The predicted octanol–water partition coefficient (Wildman–Crippen LogP) is 2.10. The second-order valence-electron chi connectivity index (χ2n) is 6.97. The number of carbonyl (C=O) groups excluding carboxylic acids is 2. The van der Waals surface area contributed by atoms with Crippen molar-refractivity contribution in [2.45, 2.75) is 6.92 Å². The average Bonchev–Trinajstić information content (AvgIpc) is 2.76. The van der Waals surface area contributed by atoms with Gasteiger partial charge in [-0.15, -0.1) is 0 Å². The van der Waals surface area contributed by atoms with Crippen LogP contribution in [0.2, 0.25) is 0 Å². The highest BCUT2D eigenvalue weighted by Crippen LogP contribution is 2.17. The van der Waals surface area contributed by atoms with Crippen molar-refractivity contribution >= 4 is 23.2 Å². The van der Waals surface area contributed by atoms with Gasteiger partial charge in [0.25, 0.3) is 0 Å². The summed E-state index contributed by atoms with van der Waals surface area (Å²) >= 11 is 0. The summed E-state index contributed by atoms with van der Waals surface area (Å²) in [5.41, 5.74) is 1.55. The fourth-order valence-electron chi connectivity index (χ4n) is 3.28. The number of carbonyl (C=O) groups is 2. The van der Waals surface area contributed by atoms with Gasteiger partial charge in [-0.1, -0.05) is 0 Å². The number of piperazine rings is 1. The van der Waals surface area contributed by atoms with E-state index in [1.807, 2.05) is 6.92 Å². The van der Waals surface area contributed by atoms with Crippen LogP contribution in [-0.4, -0.2) is 62.6 Å². The molecule has 30 heavy (non-hydrogen) atoms. The van der Waals surface area contributed by atoms with Gasteiger partial charge in [0.05, 0.1) is 6.61 Å². The van der Waals surface area contributed by atoms with Crippen molar-refractivity contribution in [3.05, 3.63) is 54.3 Å². The monoisotopic (exact) mass is 414 g/mol. The van der Waals surface area contributed by atoms with E-state index in [1.54, 1.807) is 36.4 Å². The zero-order valence-electron chi connectivity index (χ0n) is 17.1. The molecule has 0 aromatic heterocycles. The average molecular weight is 414 g/mol. The summed E-state index contributed by atoms with van der Waals surface area (Å²) < 4.78 is 18.4. The molecule has 0 saturated carbocycles. The molecule has 2 amide bonds. The van der Waals surface area contributed by atoms with E-state index in [0.717, 1.165) is 31.9 Å². The number of anilines is 2. The Morgan fingerprint density at radius 3 is 2.27 bits per heavy atom. The van der Waals surface area contributed by atoms with Crippen LogP contribution in [0, 0.1) is 5.82 Å². The van der Waals surface area contributed by atoms with Gasteiger partial charge in [0.1, 0.15) is 11.6 Å². The van der Waals surface area contributed by atoms with E-state index >= 15 is 0 Å². The first-order valence-corrected chi connectivity index (χ1v) is 10.1. The minimum atomic E-state index is -0.694. The Kier molecular flexibility index (Phi) is 7.62. The Labute approximate surface area is 175 Å². The molecule has 1 fully saturated rings. The van der Waals surface area contributed by atoms with Gasteiger partial charge in [-0.2, -0.15) is 0 Å². The van der Waals surface area contributed by atoms with Crippen molar-refractivity contribution in [1.82, 2.24) is 10.2 Å². The summed E-state index contributed by atoms with van der Waals surface area (Å²) in [6, 6.07) is 13.4. The van der Waals surface area contributed by atoms with Crippen molar-refractivity contribution in [3.63, 3.8) is 0 Å². The van der Waals surface area contributed by atoms with Crippen LogP contribution in [0.4, 0.5) is 15.8 Å². The molecule has 160 valence electrons. The second kappa shape index (κ2) is 10.6. The fourth-order valence-corrected chi connectivity index (χ4v) is 3.28. The Morgan fingerprint density at radius 1 is 0.967 bits per heavy atom. The third-order valence-electron chi connectivity index (χ3n) is 4.91. The van der Waals surface area contributed by atoms with Crippen molar-refractivity contribution in [2.24, 2.45) is 0 Å². The third kappa shape index (κ3) is 6.18. The van der Waals surface area contributed by atoms with Gasteiger partial charge in [0, 0.05) is 50.6 Å². The molecule has 0 aliphatic carbocycles. The number of ether oxygens (including phenoxy) is 1. The van der Waals surface area contributed by atoms with Crippen LogP contribution in [0.3, 0.4) is 0 Å². The van der Waals surface area contributed by atoms with Crippen molar-refractivity contribution in [2.75, 3.05) is 56.1 Å². The molecule has 7 nitrogen and oxygen atoms in total.